The Morgan fingerprint density at radius 2 is 2.15 bits per heavy atom. The molecule has 4 nitrogen and oxygen atoms in total. The van der Waals surface area contributed by atoms with E-state index in [4.69, 9.17) is 5.11 Å². The lowest BCUT2D eigenvalue weighted by molar-refractivity contribution is 0.260. The molecule has 0 fully saturated rings. The van der Waals surface area contributed by atoms with E-state index in [0.717, 1.165) is 19.4 Å². The van der Waals surface area contributed by atoms with Gasteiger partial charge in [-0.2, -0.15) is 0 Å². The van der Waals surface area contributed by atoms with Crippen LogP contribution in [0.1, 0.15) is 32.5 Å². The van der Waals surface area contributed by atoms with Crippen LogP contribution in [0.15, 0.2) is 6.33 Å². The van der Waals surface area contributed by atoms with Gasteiger partial charge in [0.1, 0.15) is 12.9 Å². The summed E-state index contributed by atoms with van der Waals surface area (Å²) in [5.74, 6) is 1.31. The van der Waals surface area contributed by atoms with Gasteiger partial charge in [-0.15, -0.1) is 10.2 Å². The maximum atomic E-state index is 8.94. The molecule has 0 aliphatic heterocycles. The van der Waals surface area contributed by atoms with Crippen molar-refractivity contribution in [1.82, 2.24) is 14.8 Å². The molecule has 0 aliphatic rings. The number of hydrogen-bond donors (Lipinski definition) is 1. The van der Waals surface area contributed by atoms with Gasteiger partial charge in [0, 0.05) is 6.54 Å². The monoisotopic (exact) mass is 183 g/mol. The summed E-state index contributed by atoms with van der Waals surface area (Å²) in [6.45, 7) is 5.24. The third-order valence-corrected chi connectivity index (χ3v) is 2.45. The van der Waals surface area contributed by atoms with E-state index in [1.54, 1.807) is 6.33 Å². The van der Waals surface area contributed by atoms with Crippen molar-refractivity contribution in [3.63, 3.8) is 0 Å². The fourth-order valence-electron chi connectivity index (χ4n) is 1.38. The molecule has 0 bridgehead atoms. The third kappa shape index (κ3) is 2.52. The first-order valence-electron chi connectivity index (χ1n) is 4.79. The maximum Gasteiger partial charge on any atom is 0.158 e. The van der Waals surface area contributed by atoms with E-state index in [-0.39, 0.29) is 6.61 Å². The summed E-state index contributed by atoms with van der Waals surface area (Å²) in [5, 5.41) is 16.5. The highest BCUT2D eigenvalue weighted by atomic mass is 16.3. The van der Waals surface area contributed by atoms with Crippen LogP contribution in [0.5, 0.6) is 0 Å². The Morgan fingerprint density at radius 3 is 2.69 bits per heavy atom. The predicted octanol–water partition coefficient (Wildman–Crippen LogP) is 1.21. The maximum absolute atomic E-state index is 8.94. The topological polar surface area (TPSA) is 50.9 Å². The minimum Gasteiger partial charge on any atom is -0.388 e. The molecule has 1 aromatic heterocycles. The van der Waals surface area contributed by atoms with Crippen LogP contribution < -0.4 is 0 Å². The van der Waals surface area contributed by atoms with Gasteiger partial charge in [-0.3, -0.25) is 0 Å². The van der Waals surface area contributed by atoms with Crippen molar-refractivity contribution in [2.45, 2.75) is 39.8 Å². The van der Waals surface area contributed by atoms with E-state index < -0.39 is 0 Å². The second-order valence-electron chi connectivity index (χ2n) is 3.24. The molecule has 0 aliphatic carbocycles. The Hall–Kier alpha value is -0.900. The summed E-state index contributed by atoms with van der Waals surface area (Å²) in [4.78, 5) is 0. The van der Waals surface area contributed by atoms with E-state index in [0.29, 0.717) is 11.7 Å². The van der Waals surface area contributed by atoms with Crippen LogP contribution in [-0.2, 0) is 13.2 Å². The number of aliphatic hydroxyl groups excluding tert-OH is 1. The van der Waals surface area contributed by atoms with Crippen LogP contribution in [0.25, 0.3) is 0 Å². The summed E-state index contributed by atoms with van der Waals surface area (Å²) >= 11 is 0. The Labute approximate surface area is 78.6 Å². The number of rotatable bonds is 5. The molecule has 0 saturated carbocycles. The molecule has 0 spiro atoms. The van der Waals surface area contributed by atoms with E-state index in [1.807, 2.05) is 4.57 Å². The Kier molecular flexibility index (Phi) is 3.89. The van der Waals surface area contributed by atoms with Crippen LogP contribution >= 0.6 is 0 Å². The molecule has 0 radical (unpaired) electrons. The molecule has 1 rings (SSSR count). The average Bonchev–Trinajstić information content (AvgIpc) is 2.61. The van der Waals surface area contributed by atoms with Crippen molar-refractivity contribution in [3.05, 3.63) is 12.2 Å². The largest absolute Gasteiger partial charge is 0.388 e. The van der Waals surface area contributed by atoms with E-state index in [9.17, 15) is 0 Å². The number of aliphatic hydroxyl groups is 1. The predicted molar refractivity (Wildman–Crippen MR) is 50.0 cm³/mol. The van der Waals surface area contributed by atoms with Crippen molar-refractivity contribution in [2.24, 2.45) is 5.92 Å². The SMILES string of the molecule is CCC(CC)Cn1cnnc1CO. The van der Waals surface area contributed by atoms with Crippen LogP contribution in [-0.4, -0.2) is 19.9 Å². The molecule has 1 N–H and O–H groups in total. The fraction of sp³-hybridized carbons (Fsp3) is 0.778. The van der Waals surface area contributed by atoms with Gasteiger partial charge in [0.05, 0.1) is 0 Å². The molecular formula is C9H17N3O. The first-order valence-corrected chi connectivity index (χ1v) is 4.79. The van der Waals surface area contributed by atoms with Crippen molar-refractivity contribution in [1.29, 1.82) is 0 Å². The van der Waals surface area contributed by atoms with E-state index >= 15 is 0 Å². The molecule has 4 heteroatoms. The zero-order chi connectivity index (χ0) is 9.68. The van der Waals surface area contributed by atoms with Crippen LogP contribution in [0.4, 0.5) is 0 Å². The molecule has 0 amide bonds. The lowest BCUT2D eigenvalue weighted by Gasteiger charge is -2.13. The van der Waals surface area contributed by atoms with Gasteiger partial charge in [-0.25, -0.2) is 0 Å². The number of nitrogens with zero attached hydrogens (tertiary/aromatic N) is 3. The number of hydrogen-bond acceptors (Lipinski definition) is 3. The Balaban J connectivity index is 2.61. The molecule has 74 valence electrons. The normalized spacial score (nSPS) is 11.1. The molecule has 1 aromatic rings. The van der Waals surface area contributed by atoms with Crippen molar-refractivity contribution in [3.8, 4) is 0 Å². The summed E-state index contributed by atoms with van der Waals surface area (Å²) in [7, 11) is 0. The highest BCUT2D eigenvalue weighted by Crippen LogP contribution is 2.11. The lowest BCUT2D eigenvalue weighted by atomic mass is 10.0. The fourth-order valence-corrected chi connectivity index (χ4v) is 1.38. The van der Waals surface area contributed by atoms with Gasteiger partial charge in [-0.05, 0) is 5.92 Å². The second kappa shape index (κ2) is 4.97. The zero-order valence-electron chi connectivity index (χ0n) is 8.27. The van der Waals surface area contributed by atoms with E-state index in [1.165, 1.54) is 0 Å². The first kappa shape index (κ1) is 10.2. The summed E-state index contributed by atoms with van der Waals surface area (Å²) in [6, 6.07) is 0. The van der Waals surface area contributed by atoms with Gasteiger partial charge in [0.15, 0.2) is 5.82 Å². The molecule has 0 unspecified atom stereocenters. The summed E-state index contributed by atoms with van der Waals surface area (Å²) in [5.41, 5.74) is 0. The molecule has 13 heavy (non-hydrogen) atoms. The van der Waals surface area contributed by atoms with Gasteiger partial charge in [-0.1, -0.05) is 26.7 Å². The third-order valence-electron chi connectivity index (χ3n) is 2.45. The summed E-state index contributed by atoms with van der Waals surface area (Å²) < 4.78 is 1.93. The van der Waals surface area contributed by atoms with Crippen LogP contribution in [0.2, 0.25) is 0 Å². The van der Waals surface area contributed by atoms with Crippen LogP contribution in [0, 0.1) is 5.92 Å². The molecular weight excluding hydrogens is 166 g/mol. The van der Waals surface area contributed by atoms with Crippen molar-refractivity contribution in [2.75, 3.05) is 0 Å². The Bertz CT molecular complexity index is 243. The van der Waals surface area contributed by atoms with Gasteiger partial charge in [0.2, 0.25) is 0 Å². The highest BCUT2D eigenvalue weighted by Gasteiger charge is 2.08. The van der Waals surface area contributed by atoms with E-state index in [2.05, 4.69) is 24.0 Å². The van der Waals surface area contributed by atoms with Crippen molar-refractivity contribution < 1.29 is 5.11 Å². The quantitative estimate of drug-likeness (QED) is 0.746. The lowest BCUT2D eigenvalue weighted by Crippen LogP contribution is -2.11. The van der Waals surface area contributed by atoms with Crippen LogP contribution in [0.3, 0.4) is 0 Å². The van der Waals surface area contributed by atoms with Crippen molar-refractivity contribution >= 4 is 0 Å². The van der Waals surface area contributed by atoms with Gasteiger partial charge in [0.25, 0.3) is 0 Å². The summed E-state index contributed by atoms with van der Waals surface area (Å²) in [6.07, 6.45) is 3.99. The second-order valence-corrected chi connectivity index (χ2v) is 3.24. The Morgan fingerprint density at radius 1 is 1.46 bits per heavy atom. The minimum absolute atomic E-state index is 0.0276. The molecule has 1 heterocycles. The molecule has 0 atom stereocenters. The smallest absolute Gasteiger partial charge is 0.158 e. The average molecular weight is 183 g/mol. The number of aromatic nitrogens is 3. The van der Waals surface area contributed by atoms with Gasteiger partial charge >= 0.3 is 0 Å². The first-order chi connectivity index (χ1) is 6.31. The van der Waals surface area contributed by atoms with Gasteiger partial charge < -0.3 is 9.67 Å². The standard InChI is InChI=1S/C9H17N3O/c1-3-8(4-2)5-12-7-10-11-9(12)6-13/h7-8,13H,3-6H2,1-2H3. The highest BCUT2D eigenvalue weighted by molar-refractivity contribution is 4.82. The zero-order valence-corrected chi connectivity index (χ0v) is 8.27. The molecule has 0 saturated heterocycles. The molecule has 0 aromatic carbocycles. The minimum atomic E-state index is -0.0276.